The number of hydrogen-bond acceptors (Lipinski definition) is 3. The number of aromatic nitrogens is 3. The second kappa shape index (κ2) is 12.3. The van der Waals surface area contributed by atoms with E-state index in [-0.39, 0.29) is 21.1 Å². The van der Waals surface area contributed by atoms with Gasteiger partial charge in [0, 0.05) is 29.8 Å². The van der Waals surface area contributed by atoms with Crippen LogP contribution in [0.3, 0.4) is 0 Å². The Morgan fingerprint density at radius 2 is 1.43 bits per heavy atom. The van der Waals surface area contributed by atoms with Crippen LogP contribution in [0, 0.1) is 26.0 Å². The fourth-order valence-electron chi connectivity index (χ4n) is 9.16. The van der Waals surface area contributed by atoms with Gasteiger partial charge < -0.3 is 4.74 Å². The van der Waals surface area contributed by atoms with Crippen LogP contribution >= 0.6 is 0 Å². The topological polar surface area (TPSA) is 39.9 Å². The predicted octanol–water partition coefficient (Wildman–Crippen LogP) is 10.7. The van der Waals surface area contributed by atoms with E-state index in [9.17, 15) is 0 Å². The Labute approximate surface area is 313 Å². The van der Waals surface area contributed by atoms with E-state index < -0.39 is 5.41 Å². The number of pyridine rings is 1. The number of benzene rings is 5. The van der Waals surface area contributed by atoms with Crippen LogP contribution in [0.4, 0.5) is 0 Å². The summed E-state index contributed by atoms with van der Waals surface area (Å²) in [6, 6.07) is 47.9. The molecule has 0 amide bonds. The van der Waals surface area contributed by atoms with Gasteiger partial charge in [0.05, 0.1) is 16.8 Å². The summed E-state index contributed by atoms with van der Waals surface area (Å²) in [6.45, 7) is 4.34. The van der Waals surface area contributed by atoms with E-state index in [2.05, 4.69) is 135 Å². The molecule has 4 nitrogen and oxygen atoms in total. The summed E-state index contributed by atoms with van der Waals surface area (Å²) in [5.74, 6) is 2.48. The minimum atomic E-state index is -0.655. The molecule has 0 N–H and O–H groups in total. The molecule has 0 radical (unpaired) electrons. The van der Waals surface area contributed by atoms with Gasteiger partial charge >= 0.3 is 21.1 Å². The van der Waals surface area contributed by atoms with E-state index in [0.29, 0.717) is 23.3 Å². The van der Waals surface area contributed by atoms with Gasteiger partial charge in [-0.1, -0.05) is 72.8 Å². The zero-order chi connectivity index (χ0) is 33.4. The first-order valence-corrected chi connectivity index (χ1v) is 17.6. The SMILES string of the molecule is Cc1cccc(C)c1-c1cc(Oc2[c-]c(C3(c4ccccn4)c4ccccc4-c4ccccc43)ccc2)[c-]c(-n2cc3c(n2)[C@@H]2CC[C@H]3C2)c1.[Pt+2]. The zero-order valence-electron chi connectivity index (χ0n) is 28.5. The summed E-state index contributed by atoms with van der Waals surface area (Å²) in [6.07, 6.45) is 7.89. The third-order valence-electron chi connectivity index (χ3n) is 11.3. The van der Waals surface area contributed by atoms with Gasteiger partial charge in [0.1, 0.15) is 0 Å². The fourth-order valence-corrected chi connectivity index (χ4v) is 9.16. The molecule has 2 aromatic heterocycles. The maximum Gasteiger partial charge on any atom is 2.00 e. The third-order valence-corrected chi connectivity index (χ3v) is 11.3. The van der Waals surface area contributed by atoms with Crippen LogP contribution in [0.5, 0.6) is 11.5 Å². The van der Waals surface area contributed by atoms with Gasteiger partial charge in [-0.2, -0.15) is 17.2 Å². The van der Waals surface area contributed by atoms with Crippen molar-refractivity contribution in [2.45, 2.75) is 50.4 Å². The minimum absolute atomic E-state index is 0. The molecule has 5 heteroatoms. The fraction of sp³-hybridized carbons (Fsp3) is 0.174. The summed E-state index contributed by atoms with van der Waals surface area (Å²) in [7, 11) is 0. The molecule has 0 spiro atoms. The first kappa shape index (κ1) is 31.9. The molecule has 2 bridgehead atoms. The second-order valence-electron chi connectivity index (χ2n) is 14.1. The summed E-state index contributed by atoms with van der Waals surface area (Å²) >= 11 is 0. The molecule has 5 aromatic carbocycles. The maximum atomic E-state index is 6.80. The van der Waals surface area contributed by atoms with Crippen molar-refractivity contribution in [3.05, 3.63) is 185 Å². The van der Waals surface area contributed by atoms with Gasteiger partial charge in [0.2, 0.25) is 0 Å². The van der Waals surface area contributed by atoms with E-state index in [4.69, 9.17) is 14.8 Å². The standard InChI is InChI=1S/C46H35N3O.Pt/c1-29-11-9-12-30(2)44(29)33-24-35(49-28-40-31-20-21-32(23-31)45(40)48-49)27-37(25-33)50-36-14-10-13-34(26-36)46(43-19-7-8-22-47-43)41-17-5-3-15-38(41)39-16-4-6-18-42(39)46;/h3-19,22,24-25,28,31-32H,20-21,23H2,1-2H3;/q-2;+2/t31-,32+;/m0./s1. The van der Waals surface area contributed by atoms with Crippen molar-refractivity contribution >= 4 is 0 Å². The van der Waals surface area contributed by atoms with Crippen LogP contribution in [-0.2, 0) is 26.5 Å². The molecular formula is C46H35N3OPt. The van der Waals surface area contributed by atoms with Gasteiger partial charge in [-0.15, -0.1) is 41.5 Å². The number of nitrogens with zero attached hydrogens (tertiary/aromatic N) is 3. The summed E-state index contributed by atoms with van der Waals surface area (Å²) in [5, 5.41) is 5.14. The summed E-state index contributed by atoms with van der Waals surface area (Å²) < 4.78 is 8.83. The Hall–Kier alpha value is -5.05. The Balaban J connectivity index is 0.00000348. The van der Waals surface area contributed by atoms with Crippen LogP contribution < -0.4 is 4.74 Å². The Morgan fingerprint density at radius 3 is 2.16 bits per heavy atom. The van der Waals surface area contributed by atoms with Crippen LogP contribution in [0.15, 0.2) is 128 Å². The number of rotatable bonds is 6. The Bertz CT molecular complexity index is 2350. The molecule has 51 heavy (non-hydrogen) atoms. The van der Waals surface area contributed by atoms with E-state index in [0.717, 1.165) is 22.5 Å². The molecule has 2 atom stereocenters. The van der Waals surface area contributed by atoms with Gasteiger partial charge in [-0.25, -0.2) is 0 Å². The molecule has 2 heterocycles. The summed E-state index contributed by atoms with van der Waals surface area (Å²) in [4.78, 5) is 4.99. The molecule has 1 fully saturated rings. The van der Waals surface area contributed by atoms with Crippen LogP contribution in [-0.4, -0.2) is 14.8 Å². The van der Waals surface area contributed by atoms with Crippen LogP contribution in [0.2, 0.25) is 0 Å². The van der Waals surface area contributed by atoms with Crippen LogP contribution in [0.25, 0.3) is 27.9 Å². The number of fused-ring (bicyclic) bond motifs is 8. The average Bonchev–Trinajstić information content (AvgIpc) is 3.93. The molecule has 0 aliphatic heterocycles. The van der Waals surface area contributed by atoms with E-state index >= 15 is 0 Å². The molecule has 10 rings (SSSR count). The van der Waals surface area contributed by atoms with E-state index in [1.54, 1.807) is 0 Å². The van der Waals surface area contributed by atoms with Crippen molar-refractivity contribution in [2.75, 3.05) is 0 Å². The van der Waals surface area contributed by atoms with Crippen molar-refractivity contribution in [1.82, 2.24) is 14.8 Å². The van der Waals surface area contributed by atoms with Crippen LogP contribution in [0.1, 0.15) is 75.9 Å². The molecule has 1 saturated carbocycles. The average molecular weight is 841 g/mol. The molecule has 0 unspecified atom stereocenters. The first-order valence-electron chi connectivity index (χ1n) is 17.6. The number of aryl methyl sites for hydroxylation is 2. The largest absolute Gasteiger partial charge is 2.00 e. The zero-order valence-corrected chi connectivity index (χ0v) is 30.7. The quantitative estimate of drug-likeness (QED) is 0.157. The van der Waals surface area contributed by atoms with Gasteiger partial charge in [-0.05, 0) is 101 Å². The maximum absolute atomic E-state index is 6.80. The van der Waals surface area contributed by atoms with Gasteiger partial charge in [0.25, 0.3) is 0 Å². The van der Waals surface area contributed by atoms with E-state index in [1.807, 2.05) is 23.0 Å². The normalized spacial score (nSPS) is 17.4. The summed E-state index contributed by atoms with van der Waals surface area (Å²) in [5.41, 5.74) is 14.4. The number of hydrogen-bond donors (Lipinski definition) is 0. The van der Waals surface area contributed by atoms with Gasteiger partial charge in [-0.3, -0.25) is 9.67 Å². The molecule has 3 aliphatic rings. The van der Waals surface area contributed by atoms with Crippen molar-refractivity contribution in [1.29, 1.82) is 0 Å². The smallest absolute Gasteiger partial charge is 0.509 e. The molecule has 0 saturated heterocycles. The van der Waals surface area contributed by atoms with Crippen molar-refractivity contribution < 1.29 is 25.8 Å². The third kappa shape index (κ3) is 4.91. The first-order chi connectivity index (χ1) is 24.6. The molecule has 250 valence electrons. The van der Waals surface area contributed by atoms with Gasteiger partial charge in [0.15, 0.2) is 0 Å². The van der Waals surface area contributed by atoms with Crippen molar-refractivity contribution in [2.24, 2.45) is 0 Å². The van der Waals surface area contributed by atoms with E-state index in [1.165, 1.54) is 69.5 Å². The van der Waals surface area contributed by atoms with Crippen molar-refractivity contribution in [3.63, 3.8) is 0 Å². The molecular weight excluding hydrogens is 806 g/mol. The van der Waals surface area contributed by atoms with Crippen molar-refractivity contribution in [3.8, 4) is 39.4 Å². The number of ether oxygens (including phenoxy) is 1. The molecule has 7 aromatic rings. The second-order valence-corrected chi connectivity index (χ2v) is 14.1. The minimum Gasteiger partial charge on any atom is -0.509 e. The monoisotopic (exact) mass is 840 g/mol. The Morgan fingerprint density at radius 1 is 0.725 bits per heavy atom. The molecule has 3 aliphatic carbocycles. The predicted molar refractivity (Wildman–Crippen MR) is 197 cm³/mol. The Kier molecular flexibility index (Phi) is 7.70.